The zero-order chi connectivity index (χ0) is 22.2. The molecule has 0 saturated heterocycles. The predicted octanol–water partition coefficient (Wildman–Crippen LogP) is 6.41. The Balaban J connectivity index is 1.71. The van der Waals surface area contributed by atoms with Crippen LogP contribution >= 0.6 is 38.5 Å². The molecule has 0 radical (unpaired) electrons. The van der Waals surface area contributed by atoms with Gasteiger partial charge >= 0.3 is 0 Å². The molecule has 0 aliphatic carbocycles. The van der Waals surface area contributed by atoms with E-state index in [-0.39, 0.29) is 5.56 Å². The molecule has 0 saturated carbocycles. The first-order valence-electron chi connectivity index (χ1n) is 9.85. The van der Waals surface area contributed by atoms with Gasteiger partial charge in [0.25, 0.3) is 5.56 Å². The van der Waals surface area contributed by atoms with E-state index in [1.165, 1.54) is 0 Å². The first kappa shape index (κ1) is 21.0. The van der Waals surface area contributed by atoms with Gasteiger partial charge in [0.1, 0.15) is 11.6 Å². The molecule has 5 nitrogen and oxygen atoms in total. The third-order valence-corrected chi connectivity index (χ3v) is 6.47. The zero-order valence-electron chi connectivity index (χ0n) is 17.0. The molecule has 0 fully saturated rings. The first-order chi connectivity index (χ1) is 15.5. The van der Waals surface area contributed by atoms with E-state index in [0.717, 1.165) is 35.9 Å². The zero-order valence-corrected chi connectivity index (χ0v) is 20.7. The lowest BCUT2D eigenvalue weighted by molar-refractivity contribution is 0.415. The van der Waals surface area contributed by atoms with E-state index in [0.29, 0.717) is 16.7 Å². The van der Waals surface area contributed by atoms with Crippen molar-refractivity contribution in [2.75, 3.05) is 7.11 Å². The second kappa shape index (κ2) is 8.55. The Morgan fingerprint density at radius 3 is 2.62 bits per heavy atom. The van der Waals surface area contributed by atoms with E-state index in [1.807, 2.05) is 79.0 Å². The maximum absolute atomic E-state index is 13.5. The number of halogens is 2. The van der Waals surface area contributed by atoms with E-state index in [9.17, 15) is 4.79 Å². The monoisotopic (exact) mass is 597 g/mol. The summed E-state index contributed by atoms with van der Waals surface area (Å²) in [5.74, 6) is 1.35. The molecule has 0 unspecified atom stereocenters. The first-order valence-corrected chi connectivity index (χ1v) is 11.7. The molecule has 158 valence electrons. The smallest absolute Gasteiger partial charge is 0.266 e. The maximum atomic E-state index is 13.5. The molecule has 5 aromatic rings. The van der Waals surface area contributed by atoms with Crippen molar-refractivity contribution in [3.63, 3.8) is 0 Å². The fourth-order valence-corrected chi connectivity index (χ4v) is 4.43. The molecular formula is C25H17BrIN3O2. The quantitative estimate of drug-likeness (QED) is 0.243. The summed E-state index contributed by atoms with van der Waals surface area (Å²) in [4.78, 5) is 21.6. The second-order valence-corrected chi connectivity index (χ2v) is 9.40. The number of rotatable bonds is 4. The molecule has 0 bridgehead atoms. The minimum Gasteiger partial charge on any atom is -0.497 e. The van der Waals surface area contributed by atoms with Crippen LogP contribution < -0.4 is 10.3 Å². The van der Waals surface area contributed by atoms with Crippen molar-refractivity contribution in [1.29, 1.82) is 0 Å². The molecule has 2 heterocycles. The highest BCUT2D eigenvalue weighted by Crippen LogP contribution is 2.25. The van der Waals surface area contributed by atoms with Gasteiger partial charge in [0.05, 0.1) is 23.7 Å². The van der Waals surface area contributed by atoms with Gasteiger partial charge in [-0.15, -0.1) is 0 Å². The Kier molecular flexibility index (Phi) is 5.60. The number of aromatic nitrogens is 3. The number of hydrogen-bond donors (Lipinski definition) is 1. The molecule has 0 spiro atoms. The van der Waals surface area contributed by atoms with Crippen molar-refractivity contribution < 1.29 is 4.74 Å². The summed E-state index contributed by atoms with van der Waals surface area (Å²) < 4.78 is 8.96. The fourth-order valence-electron chi connectivity index (χ4n) is 3.68. The van der Waals surface area contributed by atoms with Crippen LogP contribution in [-0.4, -0.2) is 21.6 Å². The molecular weight excluding hydrogens is 581 g/mol. The Morgan fingerprint density at radius 2 is 1.84 bits per heavy atom. The van der Waals surface area contributed by atoms with E-state index < -0.39 is 0 Å². The van der Waals surface area contributed by atoms with Gasteiger partial charge in [-0.05, 0) is 95.4 Å². The van der Waals surface area contributed by atoms with Gasteiger partial charge < -0.3 is 9.72 Å². The lowest BCUT2D eigenvalue weighted by atomic mass is 10.1. The summed E-state index contributed by atoms with van der Waals surface area (Å²) in [5.41, 5.74) is 3.32. The number of H-pyrrole nitrogens is 1. The van der Waals surface area contributed by atoms with Gasteiger partial charge in [-0.3, -0.25) is 9.36 Å². The van der Waals surface area contributed by atoms with Crippen molar-refractivity contribution >= 4 is 72.5 Å². The highest BCUT2D eigenvalue weighted by molar-refractivity contribution is 14.1. The van der Waals surface area contributed by atoms with E-state index in [4.69, 9.17) is 9.72 Å². The van der Waals surface area contributed by atoms with Crippen LogP contribution in [0.4, 0.5) is 0 Å². The normalized spacial score (nSPS) is 11.6. The average Bonchev–Trinajstić information content (AvgIpc) is 3.21. The van der Waals surface area contributed by atoms with E-state index >= 15 is 0 Å². The summed E-state index contributed by atoms with van der Waals surface area (Å²) in [6.07, 6.45) is 5.78. The van der Waals surface area contributed by atoms with Crippen LogP contribution in [0.1, 0.15) is 11.4 Å². The molecule has 7 heteroatoms. The number of nitrogens with one attached hydrogen (secondary N) is 1. The number of aromatic amines is 1. The van der Waals surface area contributed by atoms with Crippen LogP contribution in [0.15, 0.2) is 76.1 Å². The number of hydrogen-bond acceptors (Lipinski definition) is 3. The molecule has 0 aliphatic heterocycles. The van der Waals surface area contributed by atoms with Crippen LogP contribution in [0, 0.1) is 3.57 Å². The van der Waals surface area contributed by atoms with Crippen molar-refractivity contribution in [3.8, 4) is 11.4 Å². The SMILES string of the molecule is COc1ccc2[nH]cc(/C=C/c3nc4ccc(I)cc4c(=O)n3-c3ccc(Br)cc3)c2c1. The predicted molar refractivity (Wildman–Crippen MR) is 142 cm³/mol. The third kappa shape index (κ3) is 3.86. The summed E-state index contributed by atoms with van der Waals surface area (Å²) >= 11 is 5.68. The molecule has 0 amide bonds. The topological polar surface area (TPSA) is 59.9 Å². The largest absolute Gasteiger partial charge is 0.497 e. The summed E-state index contributed by atoms with van der Waals surface area (Å²) in [5, 5.41) is 1.63. The highest BCUT2D eigenvalue weighted by atomic mass is 127. The Bertz CT molecular complexity index is 1550. The highest BCUT2D eigenvalue weighted by Gasteiger charge is 2.12. The lowest BCUT2D eigenvalue weighted by Crippen LogP contribution is -2.22. The number of ether oxygens (including phenoxy) is 1. The van der Waals surface area contributed by atoms with Crippen LogP contribution in [0.3, 0.4) is 0 Å². The molecule has 3 aromatic carbocycles. The number of benzene rings is 3. The Labute approximate surface area is 206 Å². The van der Waals surface area contributed by atoms with Crippen molar-refractivity contribution in [3.05, 3.63) is 96.6 Å². The fraction of sp³-hybridized carbons (Fsp3) is 0.0400. The van der Waals surface area contributed by atoms with Gasteiger partial charge in [0.15, 0.2) is 0 Å². The van der Waals surface area contributed by atoms with E-state index in [2.05, 4.69) is 43.5 Å². The molecule has 32 heavy (non-hydrogen) atoms. The summed E-state index contributed by atoms with van der Waals surface area (Å²) in [6.45, 7) is 0. The Morgan fingerprint density at radius 1 is 1.03 bits per heavy atom. The lowest BCUT2D eigenvalue weighted by Gasteiger charge is -2.12. The van der Waals surface area contributed by atoms with Crippen molar-refractivity contribution in [2.24, 2.45) is 0 Å². The summed E-state index contributed by atoms with van der Waals surface area (Å²) in [7, 11) is 1.65. The van der Waals surface area contributed by atoms with Gasteiger partial charge in [0, 0.05) is 30.7 Å². The molecule has 5 rings (SSSR count). The minimum absolute atomic E-state index is 0.101. The van der Waals surface area contributed by atoms with Gasteiger partial charge in [-0.25, -0.2) is 4.98 Å². The van der Waals surface area contributed by atoms with Gasteiger partial charge in [-0.1, -0.05) is 15.9 Å². The Hall–Kier alpha value is -2.91. The maximum Gasteiger partial charge on any atom is 0.266 e. The second-order valence-electron chi connectivity index (χ2n) is 7.24. The third-order valence-electron chi connectivity index (χ3n) is 5.27. The van der Waals surface area contributed by atoms with Crippen LogP contribution in [-0.2, 0) is 0 Å². The molecule has 0 aliphatic rings. The van der Waals surface area contributed by atoms with Gasteiger partial charge in [0.2, 0.25) is 0 Å². The van der Waals surface area contributed by atoms with Gasteiger partial charge in [-0.2, -0.15) is 0 Å². The number of nitrogens with zero attached hydrogens (tertiary/aromatic N) is 2. The minimum atomic E-state index is -0.101. The van der Waals surface area contributed by atoms with E-state index in [1.54, 1.807) is 11.7 Å². The number of fused-ring (bicyclic) bond motifs is 2. The standard InChI is InChI=1S/C25H17BrIN3O2/c1-32-19-8-10-22-20(13-19)15(14-28-22)2-11-24-29-23-9-5-17(27)12-21(23)25(31)30(24)18-6-3-16(26)4-7-18/h2-14,28H,1H3/b11-2+. The number of methoxy groups -OCH3 is 1. The molecule has 0 atom stereocenters. The average molecular weight is 598 g/mol. The van der Waals surface area contributed by atoms with Crippen molar-refractivity contribution in [1.82, 2.24) is 14.5 Å². The summed E-state index contributed by atoms with van der Waals surface area (Å²) in [6, 6.07) is 19.3. The van der Waals surface area contributed by atoms with Crippen LogP contribution in [0.5, 0.6) is 5.75 Å². The van der Waals surface area contributed by atoms with Crippen LogP contribution in [0.25, 0.3) is 39.6 Å². The molecule has 2 aromatic heterocycles. The van der Waals surface area contributed by atoms with Crippen LogP contribution in [0.2, 0.25) is 0 Å². The molecule has 1 N–H and O–H groups in total. The van der Waals surface area contributed by atoms with Crippen molar-refractivity contribution in [2.45, 2.75) is 0 Å².